The predicted molar refractivity (Wildman–Crippen MR) is 56.6 cm³/mol. The van der Waals surface area contributed by atoms with E-state index in [1.807, 2.05) is 13.8 Å². The van der Waals surface area contributed by atoms with Crippen LogP contribution in [0.3, 0.4) is 0 Å². The fraction of sp³-hybridized carbons (Fsp3) is 0.833. The van der Waals surface area contributed by atoms with Crippen LogP contribution < -0.4 is 0 Å². The van der Waals surface area contributed by atoms with Gasteiger partial charge in [0.1, 0.15) is 0 Å². The SMILES string of the molecule is CC1(C)C=CC(C)(C(C)(C)O)CC1. The number of aliphatic hydroxyl groups is 1. The van der Waals surface area contributed by atoms with Gasteiger partial charge in [-0.15, -0.1) is 0 Å². The molecule has 0 saturated carbocycles. The maximum Gasteiger partial charge on any atom is 0.0679 e. The molecule has 1 heteroatoms. The van der Waals surface area contributed by atoms with Gasteiger partial charge in [0.2, 0.25) is 0 Å². The van der Waals surface area contributed by atoms with Crippen molar-refractivity contribution in [1.29, 1.82) is 0 Å². The summed E-state index contributed by atoms with van der Waals surface area (Å²) in [6.45, 7) is 10.4. The van der Waals surface area contributed by atoms with Crippen LogP contribution >= 0.6 is 0 Å². The molecular formula is C12H22O. The lowest BCUT2D eigenvalue weighted by molar-refractivity contribution is -0.0301. The normalized spacial score (nSPS) is 33.4. The summed E-state index contributed by atoms with van der Waals surface area (Å²) in [5, 5.41) is 10.0. The van der Waals surface area contributed by atoms with E-state index in [4.69, 9.17) is 0 Å². The summed E-state index contributed by atoms with van der Waals surface area (Å²) in [4.78, 5) is 0. The minimum Gasteiger partial charge on any atom is -0.390 e. The van der Waals surface area contributed by atoms with Crippen LogP contribution in [0.15, 0.2) is 12.2 Å². The Bertz CT molecular complexity index is 220. The van der Waals surface area contributed by atoms with E-state index in [-0.39, 0.29) is 5.41 Å². The summed E-state index contributed by atoms with van der Waals surface area (Å²) in [6, 6.07) is 0. The third-order valence-electron chi connectivity index (χ3n) is 3.59. The van der Waals surface area contributed by atoms with Gasteiger partial charge in [-0.25, -0.2) is 0 Å². The standard InChI is InChI=1S/C12H22O/c1-10(2)6-8-12(5,9-7-10)11(3,4)13/h6,8,13H,7,9H2,1-5H3. The fourth-order valence-corrected chi connectivity index (χ4v) is 1.67. The first-order valence-corrected chi connectivity index (χ1v) is 5.09. The Morgan fingerprint density at radius 1 is 1.08 bits per heavy atom. The summed E-state index contributed by atoms with van der Waals surface area (Å²) in [5.74, 6) is 0. The van der Waals surface area contributed by atoms with Crippen LogP contribution in [-0.4, -0.2) is 10.7 Å². The second-order valence-electron chi connectivity index (χ2n) is 5.80. The van der Waals surface area contributed by atoms with Crippen molar-refractivity contribution in [2.45, 2.75) is 53.1 Å². The molecule has 1 aliphatic carbocycles. The van der Waals surface area contributed by atoms with Crippen LogP contribution in [0.25, 0.3) is 0 Å². The van der Waals surface area contributed by atoms with Gasteiger partial charge in [0.05, 0.1) is 5.60 Å². The first-order valence-electron chi connectivity index (χ1n) is 5.09. The molecule has 0 aromatic heterocycles. The number of hydrogen-bond donors (Lipinski definition) is 1. The third kappa shape index (κ3) is 2.14. The van der Waals surface area contributed by atoms with Crippen molar-refractivity contribution in [2.75, 3.05) is 0 Å². The van der Waals surface area contributed by atoms with Gasteiger partial charge in [0, 0.05) is 5.41 Å². The molecule has 0 aromatic carbocycles. The minimum absolute atomic E-state index is 0.0531. The first-order chi connectivity index (χ1) is 5.66. The zero-order valence-corrected chi connectivity index (χ0v) is 9.52. The van der Waals surface area contributed by atoms with Gasteiger partial charge in [-0.2, -0.15) is 0 Å². The van der Waals surface area contributed by atoms with E-state index in [1.165, 1.54) is 0 Å². The van der Waals surface area contributed by atoms with Crippen LogP contribution in [0, 0.1) is 10.8 Å². The van der Waals surface area contributed by atoms with Gasteiger partial charge >= 0.3 is 0 Å². The lowest BCUT2D eigenvalue weighted by Gasteiger charge is -2.43. The van der Waals surface area contributed by atoms with Gasteiger partial charge in [-0.1, -0.05) is 32.9 Å². The molecule has 13 heavy (non-hydrogen) atoms. The monoisotopic (exact) mass is 182 g/mol. The second kappa shape index (κ2) is 2.84. The zero-order valence-electron chi connectivity index (χ0n) is 9.52. The predicted octanol–water partition coefficient (Wildman–Crippen LogP) is 3.14. The number of allylic oxidation sites excluding steroid dienone is 1. The lowest BCUT2D eigenvalue weighted by Crippen LogP contribution is -2.42. The second-order valence-corrected chi connectivity index (χ2v) is 5.80. The zero-order chi connectivity index (χ0) is 10.3. The molecular weight excluding hydrogens is 160 g/mol. The third-order valence-corrected chi connectivity index (χ3v) is 3.59. The molecule has 1 unspecified atom stereocenters. The van der Waals surface area contributed by atoms with Gasteiger partial charge < -0.3 is 5.11 Å². The van der Waals surface area contributed by atoms with Crippen LogP contribution in [-0.2, 0) is 0 Å². The Balaban J connectivity index is 2.88. The summed E-state index contributed by atoms with van der Waals surface area (Å²) < 4.78 is 0. The molecule has 1 N–H and O–H groups in total. The fourth-order valence-electron chi connectivity index (χ4n) is 1.67. The van der Waals surface area contributed by atoms with Crippen LogP contribution in [0.2, 0.25) is 0 Å². The molecule has 1 aliphatic rings. The van der Waals surface area contributed by atoms with E-state index in [0.29, 0.717) is 5.41 Å². The molecule has 0 aliphatic heterocycles. The van der Waals surface area contributed by atoms with Crippen LogP contribution in [0.4, 0.5) is 0 Å². The molecule has 1 atom stereocenters. The van der Waals surface area contributed by atoms with Crippen molar-refractivity contribution in [2.24, 2.45) is 10.8 Å². The molecule has 0 spiro atoms. The first kappa shape index (κ1) is 10.8. The van der Waals surface area contributed by atoms with Crippen molar-refractivity contribution >= 4 is 0 Å². The molecule has 76 valence electrons. The molecule has 0 heterocycles. The van der Waals surface area contributed by atoms with Crippen LogP contribution in [0.1, 0.15) is 47.5 Å². The Kier molecular flexibility index (Phi) is 2.36. The highest BCUT2D eigenvalue weighted by molar-refractivity contribution is 5.13. The van der Waals surface area contributed by atoms with Crippen LogP contribution in [0.5, 0.6) is 0 Å². The highest BCUT2D eigenvalue weighted by atomic mass is 16.3. The summed E-state index contributed by atoms with van der Waals surface area (Å²) in [7, 11) is 0. The summed E-state index contributed by atoms with van der Waals surface area (Å²) >= 11 is 0. The quantitative estimate of drug-likeness (QED) is 0.618. The molecule has 0 aromatic rings. The largest absolute Gasteiger partial charge is 0.390 e. The van der Waals surface area contributed by atoms with Crippen molar-refractivity contribution in [3.8, 4) is 0 Å². The highest BCUT2D eigenvalue weighted by Crippen LogP contribution is 2.45. The van der Waals surface area contributed by atoms with Gasteiger partial charge in [0.25, 0.3) is 0 Å². The van der Waals surface area contributed by atoms with Crippen molar-refractivity contribution in [3.05, 3.63) is 12.2 Å². The topological polar surface area (TPSA) is 20.2 Å². The number of rotatable bonds is 1. The van der Waals surface area contributed by atoms with Gasteiger partial charge in [-0.05, 0) is 32.1 Å². The highest BCUT2D eigenvalue weighted by Gasteiger charge is 2.40. The smallest absolute Gasteiger partial charge is 0.0679 e. The van der Waals surface area contributed by atoms with Gasteiger partial charge in [-0.3, -0.25) is 0 Å². The molecule has 0 amide bonds. The van der Waals surface area contributed by atoms with E-state index < -0.39 is 5.60 Å². The maximum absolute atomic E-state index is 10.0. The average Bonchev–Trinajstić information content (AvgIpc) is 1.94. The molecule has 1 rings (SSSR count). The van der Waals surface area contributed by atoms with E-state index in [1.54, 1.807) is 0 Å². The molecule has 0 radical (unpaired) electrons. The summed E-state index contributed by atoms with van der Waals surface area (Å²) in [6.07, 6.45) is 6.66. The lowest BCUT2D eigenvalue weighted by atomic mass is 9.65. The summed E-state index contributed by atoms with van der Waals surface area (Å²) in [5.41, 5.74) is -0.354. The van der Waals surface area contributed by atoms with E-state index in [0.717, 1.165) is 12.8 Å². The van der Waals surface area contributed by atoms with E-state index in [9.17, 15) is 5.11 Å². The van der Waals surface area contributed by atoms with Crippen molar-refractivity contribution in [3.63, 3.8) is 0 Å². The minimum atomic E-state index is -0.611. The molecule has 0 bridgehead atoms. The Hall–Kier alpha value is -0.300. The number of hydrogen-bond acceptors (Lipinski definition) is 1. The molecule has 0 saturated heterocycles. The molecule has 0 fully saturated rings. The van der Waals surface area contributed by atoms with E-state index in [2.05, 4.69) is 32.9 Å². The van der Waals surface area contributed by atoms with Crippen molar-refractivity contribution < 1.29 is 5.11 Å². The maximum atomic E-state index is 10.0. The van der Waals surface area contributed by atoms with E-state index >= 15 is 0 Å². The Labute approximate surface area is 81.9 Å². The van der Waals surface area contributed by atoms with Gasteiger partial charge in [0.15, 0.2) is 0 Å². The molecule has 1 nitrogen and oxygen atoms in total. The average molecular weight is 182 g/mol. The Morgan fingerprint density at radius 2 is 1.62 bits per heavy atom. The Morgan fingerprint density at radius 3 is 1.92 bits per heavy atom. The van der Waals surface area contributed by atoms with Crippen molar-refractivity contribution in [1.82, 2.24) is 0 Å².